The first-order valence-corrected chi connectivity index (χ1v) is 11.7. The standard InChI is InChI=1S/C24H36O3/c1-16-8-12-27-24(16)11-7-21-20-4-3-17-15-23(25-13-14-26-23)10-6-18(17)19(20)5-9-22(21,24)2/h17-21H,1,3-15H2,2H3/t17?,18?,19?,20-,21+,22+,24-/m1/s1. The average Bonchev–Trinajstić information content (AvgIpc) is 3.35. The first-order chi connectivity index (χ1) is 13.1. The van der Waals surface area contributed by atoms with E-state index in [-0.39, 0.29) is 11.4 Å². The lowest BCUT2D eigenvalue weighted by Crippen LogP contribution is -2.55. The molecule has 2 aliphatic heterocycles. The monoisotopic (exact) mass is 372 g/mol. The summed E-state index contributed by atoms with van der Waals surface area (Å²) in [4.78, 5) is 0. The van der Waals surface area contributed by atoms with Gasteiger partial charge in [-0.2, -0.15) is 0 Å². The molecule has 3 heteroatoms. The summed E-state index contributed by atoms with van der Waals surface area (Å²) in [5.74, 6) is 4.24. The Hall–Kier alpha value is -0.380. The Balaban J connectivity index is 1.25. The van der Waals surface area contributed by atoms with Crippen molar-refractivity contribution in [1.29, 1.82) is 0 Å². The average molecular weight is 373 g/mol. The molecule has 4 saturated carbocycles. The summed E-state index contributed by atoms with van der Waals surface area (Å²) >= 11 is 0. The Morgan fingerprint density at radius 2 is 1.63 bits per heavy atom. The number of ether oxygens (including phenoxy) is 3. The normalized spacial score (nSPS) is 53.5. The summed E-state index contributed by atoms with van der Waals surface area (Å²) in [6, 6.07) is 0. The predicted molar refractivity (Wildman–Crippen MR) is 104 cm³/mol. The fraction of sp³-hybridized carbons (Fsp3) is 0.917. The van der Waals surface area contributed by atoms with Gasteiger partial charge in [0.15, 0.2) is 5.79 Å². The Morgan fingerprint density at radius 1 is 0.815 bits per heavy atom. The van der Waals surface area contributed by atoms with Crippen LogP contribution in [0.2, 0.25) is 0 Å². The molecule has 6 rings (SSSR count). The molecule has 4 aliphatic carbocycles. The zero-order valence-electron chi connectivity index (χ0n) is 17.0. The van der Waals surface area contributed by atoms with Crippen molar-refractivity contribution in [3.63, 3.8) is 0 Å². The zero-order chi connectivity index (χ0) is 18.3. The molecule has 0 bridgehead atoms. The first-order valence-electron chi connectivity index (χ1n) is 11.7. The number of hydrogen-bond donors (Lipinski definition) is 0. The van der Waals surface area contributed by atoms with Crippen LogP contribution in [-0.4, -0.2) is 31.2 Å². The fourth-order valence-corrected chi connectivity index (χ4v) is 9.05. The highest BCUT2D eigenvalue weighted by atomic mass is 16.7. The highest BCUT2D eigenvalue weighted by molar-refractivity contribution is 5.28. The lowest BCUT2D eigenvalue weighted by atomic mass is 9.48. The number of hydrogen-bond acceptors (Lipinski definition) is 3. The SMILES string of the molecule is C=C1CCO[C@]12CC[C@H]1[C@@H]3CCC4CC5(CCC4C3CC[C@@]12C)OCCO5. The Morgan fingerprint density at radius 3 is 2.41 bits per heavy atom. The summed E-state index contributed by atoms with van der Waals surface area (Å²) < 4.78 is 18.7. The molecular formula is C24H36O3. The van der Waals surface area contributed by atoms with Gasteiger partial charge >= 0.3 is 0 Å². The molecule has 0 aromatic heterocycles. The molecule has 2 saturated heterocycles. The molecule has 0 radical (unpaired) electrons. The molecule has 3 nitrogen and oxygen atoms in total. The van der Waals surface area contributed by atoms with Crippen LogP contribution >= 0.6 is 0 Å². The van der Waals surface area contributed by atoms with E-state index in [9.17, 15) is 0 Å². The molecular weight excluding hydrogens is 336 g/mol. The lowest BCUT2D eigenvalue weighted by Gasteiger charge is -2.58. The van der Waals surface area contributed by atoms with Crippen molar-refractivity contribution in [1.82, 2.24) is 0 Å². The summed E-state index contributed by atoms with van der Waals surface area (Å²) in [6.45, 7) is 9.56. The second kappa shape index (κ2) is 5.83. The van der Waals surface area contributed by atoms with Crippen LogP contribution in [0.3, 0.4) is 0 Å². The van der Waals surface area contributed by atoms with E-state index in [1.807, 2.05) is 0 Å². The minimum Gasteiger partial charge on any atom is -0.370 e. The largest absolute Gasteiger partial charge is 0.370 e. The van der Waals surface area contributed by atoms with Crippen LogP contribution in [0.25, 0.3) is 0 Å². The molecule has 7 atom stereocenters. The summed E-state index contributed by atoms with van der Waals surface area (Å²) in [6.07, 6.45) is 12.9. The van der Waals surface area contributed by atoms with Crippen LogP contribution in [0.5, 0.6) is 0 Å². The summed E-state index contributed by atoms with van der Waals surface area (Å²) in [7, 11) is 0. The quantitative estimate of drug-likeness (QED) is 0.554. The minimum absolute atomic E-state index is 0.0155. The first kappa shape index (κ1) is 17.5. The van der Waals surface area contributed by atoms with Gasteiger partial charge in [0.1, 0.15) is 0 Å². The molecule has 2 heterocycles. The van der Waals surface area contributed by atoms with E-state index in [1.165, 1.54) is 50.5 Å². The molecule has 6 aliphatic rings. The third-order valence-electron chi connectivity index (χ3n) is 10.2. The molecule has 27 heavy (non-hydrogen) atoms. The predicted octanol–water partition coefficient (Wildman–Crippen LogP) is 5.10. The van der Waals surface area contributed by atoms with Gasteiger partial charge in [0.05, 0.1) is 25.4 Å². The molecule has 2 spiro atoms. The van der Waals surface area contributed by atoms with Crippen molar-refractivity contribution >= 4 is 0 Å². The van der Waals surface area contributed by atoms with Gasteiger partial charge < -0.3 is 14.2 Å². The van der Waals surface area contributed by atoms with Crippen LogP contribution in [0, 0.1) is 35.0 Å². The molecule has 0 amide bonds. The van der Waals surface area contributed by atoms with Crippen LogP contribution in [0.4, 0.5) is 0 Å². The van der Waals surface area contributed by atoms with Crippen molar-refractivity contribution in [3.8, 4) is 0 Å². The Labute approximate surface area is 164 Å². The summed E-state index contributed by atoms with van der Waals surface area (Å²) in [5, 5.41) is 0. The van der Waals surface area contributed by atoms with Crippen molar-refractivity contribution in [2.24, 2.45) is 35.0 Å². The van der Waals surface area contributed by atoms with Gasteiger partial charge in [-0.15, -0.1) is 0 Å². The highest BCUT2D eigenvalue weighted by Gasteiger charge is 2.66. The second-order valence-electron chi connectivity index (χ2n) is 10.8. The van der Waals surface area contributed by atoms with E-state index in [4.69, 9.17) is 14.2 Å². The van der Waals surface area contributed by atoms with Gasteiger partial charge in [0.25, 0.3) is 0 Å². The maximum atomic E-state index is 6.50. The van der Waals surface area contributed by atoms with Crippen LogP contribution in [-0.2, 0) is 14.2 Å². The van der Waals surface area contributed by atoms with Gasteiger partial charge in [-0.3, -0.25) is 0 Å². The number of rotatable bonds is 0. The maximum absolute atomic E-state index is 6.50. The molecule has 6 fully saturated rings. The second-order valence-corrected chi connectivity index (χ2v) is 10.8. The van der Waals surface area contributed by atoms with E-state index >= 15 is 0 Å². The van der Waals surface area contributed by atoms with E-state index in [0.717, 1.165) is 68.7 Å². The highest BCUT2D eigenvalue weighted by Crippen LogP contribution is 2.69. The van der Waals surface area contributed by atoms with Crippen LogP contribution in [0.15, 0.2) is 12.2 Å². The van der Waals surface area contributed by atoms with Gasteiger partial charge in [0, 0.05) is 18.3 Å². The Kier molecular flexibility index (Phi) is 3.77. The van der Waals surface area contributed by atoms with E-state index in [0.29, 0.717) is 5.41 Å². The van der Waals surface area contributed by atoms with Crippen molar-refractivity contribution in [2.45, 2.75) is 82.5 Å². The molecule has 0 aromatic rings. The van der Waals surface area contributed by atoms with E-state index in [1.54, 1.807) is 0 Å². The lowest BCUT2D eigenvalue weighted by molar-refractivity contribution is -0.211. The molecule has 3 unspecified atom stereocenters. The van der Waals surface area contributed by atoms with Gasteiger partial charge in [-0.05, 0) is 86.5 Å². The maximum Gasteiger partial charge on any atom is 0.168 e. The van der Waals surface area contributed by atoms with Gasteiger partial charge in [0.2, 0.25) is 0 Å². The van der Waals surface area contributed by atoms with Crippen molar-refractivity contribution in [2.75, 3.05) is 19.8 Å². The number of fused-ring (bicyclic) bond motifs is 6. The van der Waals surface area contributed by atoms with E-state index in [2.05, 4.69) is 13.5 Å². The smallest absolute Gasteiger partial charge is 0.168 e. The topological polar surface area (TPSA) is 27.7 Å². The van der Waals surface area contributed by atoms with E-state index < -0.39 is 0 Å². The summed E-state index contributed by atoms with van der Waals surface area (Å²) in [5.41, 5.74) is 1.76. The molecule has 0 aromatic carbocycles. The van der Waals surface area contributed by atoms with Gasteiger partial charge in [-0.1, -0.05) is 13.5 Å². The van der Waals surface area contributed by atoms with Gasteiger partial charge in [-0.25, -0.2) is 0 Å². The third kappa shape index (κ3) is 2.20. The molecule has 0 N–H and O–H groups in total. The minimum atomic E-state index is -0.204. The van der Waals surface area contributed by atoms with Crippen molar-refractivity contribution < 1.29 is 14.2 Å². The zero-order valence-corrected chi connectivity index (χ0v) is 17.0. The fourth-order valence-electron chi connectivity index (χ4n) is 9.05. The van der Waals surface area contributed by atoms with Crippen LogP contribution < -0.4 is 0 Å². The third-order valence-corrected chi connectivity index (χ3v) is 10.2. The van der Waals surface area contributed by atoms with Crippen LogP contribution in [0.1, 0.15) is 71.1 Å². The molecule has 150 valence electrons. The van der Waals surface area contributed by atoms with Crippen molar-refractivity contribution in [3.05, 3.63) is 12.2 Å². The Bertz CT molecular complexity index is 638.